The van der Waals surface area contributed by atoms with Gasteiger partial charge in [-0.1, -0.05) is 39.0 Å². The van der Waals surface area contributed by atoms with Crippen LogP contribution >= 0.6 is 11.3 Å². The van der Waals surface area contributed by atoms with E-state index in [0.29, 0.717) is 11.5 Å². The lowest BCUT2D eigenvalue weighted by molar-refractivity contribution is 0.0342. The third-order valence-electron chi connectivity index (χ3n) is 7.11. The molecule has 0 atom stereocenters. The zero-order chi connectivity index (χ0) is 27.1. The number of carboxylic acid groups (broad SMARTS) is 1. The van der Waals surface area contributed by atoms with Crippen LogP contribution in [0.15, 0.2) is 60.1 Å². The summed E-state index contributed by atoms with van der Waals surface area (Å²) in [5.41, 5.74) is 6.21. The molecule has 5 aromatic rings. The molecule has 0 amide bonds. The van der Waals surface area contributed by atoms with Gasteiger partial charge in [-0.2, -0.15) is 0 Å². The minimum atomic E-state index is -0.971. The lowest BCUT2D eigenvalue weighted by Crippen LogP contribution is -2.35. The highest BCUT2D eigenvalue weighted by Gasteiger charge is 2.24. The number of thiophene rings is 1. The molecule has 0 aliphatic carbocycles. The number of fused-ring (bicyclic) bond motifs is 2. The van der Waals surface area contributed by atoms with Gasteiger partial charge < -0.3 is 15.2 Å². The average Bonchev–Trinajstić information content (AvgIpc) is 3.52. The van der Waals surface area contributed by atoms with Gasteiger partial charge in [0.1, 0.15) is 0 Å². The summed E-state index contributed by atoms with van der Waals surface area (Å²) in [5, 5.41) is 16.2. The Bertz CT molecular complexity index is 1660. The minimum absolute atomic E-state index is 0.304. The van der Waals surface area contributed by atoms with Gasteiger partial charge in [0, 0.05) is 52.8 Å². The molecule has 9 heteroatoms. The van der Waals surface area contributed by atoms with E-state index in [9.17, 15) is 9.90 Å². The molecule has 1 aliphatic rings. The SMILES string of the molecule is CC(C)(C)c1cc2cc(-c3csc4cnc(Nc5ccc(CN6CCOCC6)cc5)nc34)ccc2n1C(=O)O. The third-order valence-corrected chi connectivity index (χ3v) is 8.01. The zero-order valence-corrected chi connectivity index (χ0v) is 23.1. The highest BCUT2D eigenvalue weighted by Crippen LogP contribution is 2.36. The van der Waals surface area contributed by atoms with Crippen molar-refractivity contribution in [3.8, 4) is 11.1 Å². The lowest BCUT2D eigenvalue weighted by atomic mass is 9.92. The first-order chi connectivity index (χ1) is 18.8. The predicted molar refractivity (Wildman–Crippen MR) is 156 cm³/mol. The number of nitrogens with zero attached hydrogens (tertiary/aromatic N) is 4. The predicted octanol–water partition coefficient (Wildman–Crippen LogP) is 6.71. The number of anilines is 2. The van der Waals surface area contributed by atoms with Crippen LogP contribution in [-0.2, 0) is 16.7 Å². The largest absolute Gasteiger partial charge is 0.464 e. The van der Waals surface area contributed by atoms with E-state index < -0.39 is 6.09 Å². The maximum absolute atomic E-state index is 12.1. The fourth-order valence-corrected chi connectivity index (χ4v) is 5.95. The molecular weight excluding hydrogens is 510 g/mol. The summed E-state index contributed by atoms with van der Waals surface area (Å²) in [7, 11) is 0. The van der Waals surface area contributed by atoms with Crippen molar-refractivity contribution in [1.29, 1.82) is 0 Å². The van der Waals surface area contributed by atoms with Gasteiger partial charge in [-0.25, -0.2) is 19.3 Å². The van der Waals surface area contributed by atoms with Gasteiger partial charge in [0.2, 0.25) is 5.95 Å². The molecule has 2 aromatic carbocycles. The van der Waals surface area contributed by atoms with E-state index in [-0.39, 0.29) is 5.41 Å². The van der Waals surface area contributed by atoms with Crippen molar-refractivity contribution >= 4 is 50.2 Å². The van der Waals surface area contributed by atoms with Gasteiger partial charge in [-0.05, 0) is 41.5 Å². The molecule has 1 fully saturated rings. The molecule has 4 heterocycles. The summed E-state index contributed by atoms with van der Waals surface area (Å²) < 4.78 is 7.83. The Hall–Kier alpha value is -3.79. The Balaban J connectivity index is 1.27. The summed E-state index contributed by atoms with van der Waals surface area (Å²) in [4.78, 5) is 23.9. The van der Waals surface area contributed by atoms with Crippen molar-refractivity contribution in [2.75, 3.05) is 31.6 Å². The van der Waals surface area contributed by atoms with Crippen molar-refractivity contribution in [2.45, 2.75) is 32.7 Å². The van der Waals surface area contributed by atoms with E-state index in [0.717, 1.165) is 71.0 Å². The number of aromatic nitrogens is 3. The zero-order valence-electron chi connectivity index (χ0n) is 22.3. The molecule has 200 valence electrons. The summed E-state index contributed by atoms with van der Waals surface area (Å²) in [6.07, 6.45) is 0.879. The molecule has 0 radical (unpaired) electrons. The molecular formula is C30H31N5O3S. The van der Waals surface area contributed by atoms with Gasteiger partial charge in [0.15, 0.2) is 0 Å². The van der Waals surface area contributed by atoms with Crippen LogP contribution in [0.5, 0.6) is 0 Å². The van der Waals surface area contributed by atoms with E-state index in [1.54, 1.807) is 11.3 Å². The van der Waals surface area contributed by atoms with E-state index in [2.05, 4.69) is 44.8 Å². The first-order valence-electron chi connectivity index (χ1n) is 13.1. The smallest absolute Gasteiger partial charge is 0.416 e. The van der Waals surface area contributed by atoms with Crippen LogP contribution in [0.1, 0.15) is 32.0 Å². The van der Waals surface area contributed by atoms with E-state index in [1.165, 1.54) is 10.1 Å². The normalized spacial score (nSPS) is 14.7. The van der Waals surface area contributed by atoms with Crippen LogP contribution in [0, 0.1) is 0 Å². The summed E-state index contributed by atoms with van der Waals surface area (Å²) in [5.74, 6) is 0.538. The van der Waals surface area contributed by atoms with E-state index in [4.69, 9.17) is 9.72 Å². The molecule has 39 heavy (non-hydrogen) atoms. The fraction of sp³-hybridized carbons (Fsp3) is 0.300. The van der Waals surface area contributed by atoms with Crippen molar-refractivity contribution in [2.24, 2.45) is 0 Å². The van der Waals surface area contributed by atoms with Gasteiger partial charge in [-0.3, -0.25) is 4.90 Å². The number of nitrogens with one attached hydrogen (secondary N) is 1. The molecule has 6 rings (SSSR count). The summed E-state index contributed by atoms with van der Waals surface area (Å²) in [6, 6.07) is 16.3. The highest BCUT2D eigenvalue weighted by molar-refractivity contribution is 7.17. The summed E-state index contributed by atoms with van der Waals surface area (Å²) in [6.45, 7) is 10.5. The first kappa shape index (κ1) is 25.5. The number of benzene rings is 2. The maximum atomic E-state index is 12.1. The molecule has 0 unspecified atom stereocenters. The number of morpholine rings is 1. The van der Waals surface area contributed by atoms with Crippen LogP contribution in [0.4, 0.5) is 16.4 Å². The standard InChI is InChI=1S/C30H31N5O3S/c1-30(2,3)26-15-21-14-20(6-9-24(21)35(26)29(36)37)23-18-39-25-16-31-28(33-27(23)25)32-22-7-4-19(5-8-22)17-34-10-12-38-13-11-34/h4-9,14-16,18H,10-13,17H2,1-3H3,(H,36,37)(H,31,32,33). The van der Waals surface area contributed by atoms with Crippen molar-refractivity contribution in [3.63, 3.8) is 0 Å². The molecule has 0 spiro atoms. The number of hydrogen-bond donors (Lipinski definition) is 2. The Labute approximate surface area is 230 Å². The molecule has 8 nitrogen and oxygen atoms in total. The molecule has 1 saturated heterocycles. The monoisotopic (exact) mass is 541 g/mol. The van der Waals surface area contributed by atoms with Gasteiger partial charge in [-0.15, -0.1) is 11.3 Å². The van der Waals surface area contributed by atoms with Gasteiger partial charge in [0.05, 0.1) is 35.1 Å². The van der Waals surface area contributed by atoms with Crippen LogP contribution in [-0.4, -0.2) is 56.9 Å². The van der Waals surface area contributed by atoms with Gasteiger partial charge in [0.25, 0.3) is 0 Å². The topological polar surface area (TPSA) is 92.5 Å². The second-order valence-corrected chi connectivity index (χ2v) is 11.8. The number of carbonyl (C=O) groups is 1. The van der Waals surface area contributed by atoms with Crippen LogP contribution in [0.2, 0.25) is 0 Å². The number of rotatable bonds is 5. The third kappa shape index (κ3) is 5.13. The van der Waals surface area contributed by atoms with Crippen molar-refractivity contribution in [3.05, 3.63) is 71.4 Å². The van der Waals surface area contributed by atoms with Crippen LogP contribution in [0.3, 0.4) is 0 Å². The van der Waals surface area contributed by atoms with Crippen LogP contribution < -0.4 is 5.32 Å². The number of hydrogen-bond acceptors (Lipinski definition) is 7. The quantitative estimate of drug-likeness (QED) is 0.255. The Kier molecular flexibility index (Phi) is 6.58. The van der Waals surface area contributed by atoms with Gasteiger partial charge >= 0.3 is 6.09 Å². The summed E-state index contributed by atoms with van der Waals surface area (Å²) >= 11 is 1.60. The first-order valence-corrected chi connectivity index (χ1v) is 13.9. The molecule has 3 aromatic heterocycles. The minimum Gasteiger partial charge on any atom is -0.464 e. The molecule has 0 saturated carbocycles. The number of ether oxygens (including phenoxy) is 1. The Morgan fingerprint density at radius 3 is 2.59 bits per heavy atom. The lowest BCUT2D eigenvalue weighted by Gasteiger charge is -2.26. The second-order valence-electron chi connectivity index (χ2n) is 10.9. The van der Waals surface area contributed by atoms with Crippen molar-refractivity contribution < 1.29 is 14.6 Å². The Morgan fingerprint density at radius 1 is 1.10 bits per heavy atom. The fourth-order valence-electron chi connectivity index (χ4n) is 5.07. The maximum Gasteiger partial charge on any atom is 0.416 e. The van der Waals surface area contributed by atoms with E-state index in [1.807, 2.05) is 51.2 Å². The average molecular weight is 542 g/mol. The molecule has 2 N–H and O–H groups in total. The van der Waals surface area contributed by atoms with E-state index >= 15 is 0 Å². The highest BCUT2D eigenvalue weighted by atomic mass is 32.1. The molecule has 0 bridgehead atoms. The second kappa shape index (κ2) is 10.1. The molecule has 1 aliphatic heterocycles. The van der Waals surface area contributed by atoms with Crippen LogP contribution in [0.25, 0.3) is 32.2 Å². The van der Waals surface area contributed by atoms with Crippen molar-refractivity contribution in [1.82, 2.24) is 19.4 Å². The Morgan fingerprint density at radius 2 is 1.87 bits per heavy atom.